The van der Waals surface area contributed by atoms with Gasteiger partial charge in [0.05, 0.1) is 0 Å². The van der Waals surface area contributed by atoms with E-state index in [-0.39, 0.29) is 0 Å². The molecule has 0 aromatic rings. The van der Waals surface area contributed by atoms with Gasteiger partial charge in [-0.05, 0) is 26.6 Å². The van der Waals surface area contributed by atoms with Gasteiger partial charge in [0.15, 0.2) is 0 Å². The quantitative estimate of drug-likeness (QED) is 0.397. The van der Waals surface area contributed by atoms with Gasteiger partial charge >= 0.3 is 0 Å². The summed E-state index contributed by atoms with van der Waals surface area (Å²) < 4.78 is 0. The average molecular weight is 71.1 g/mol. The van der Waals surface area contributed by atoms with E-state index in [1.54, 1.807) is 0 Å². The number of rotatable bonds is 0. The van der Waals surface area contributed by atoms with Crippen molar-refractivity contribution in [2.45, 2.75) is 6.42 Å². The Labute approximate surface area is 32.6 Å². The molecule has 0 N–H and O–H groups in total. The van der Waals surface area contributed by atoms with Crippen LogP contribution in [0.25, 0.3) is 0 Å². The first kappa shape index (κ1) is 3.16. The van der Waals surface area contributed by atoms with Crippen LogP contribution in [0.4, 0.5) is 0 Å². The average Bonchev–Trinajstić information content (AvgIpc) is 1.30. The molecular weight excluding hydrogens is 62.1 g/mol. The van der Waals surface area contributed by atoms with E-state index in [1.165, 1.54) is 19.5 Å². The molecule has 1 fully saturated rings. The summed E-state index contributed by atoms with van der Waals surface area (Å²) >= 11 is 0. The molecule has 1 saturated heterocycles. The minimum absolute atomic E-state index is 1.32. The van der Waals surface area contributed by atoms with Crippen LogP contribution >= 0.6 is 0 Å². The van der Waals surface area contributed by atoms with Crippen molar-refractivity contribution in [3.05, 3.63) is 0 Å². The lowest BCUT2D eigenvalue weighted by Crippen LogP contribution is -2.32. The van der Waals surface area contributed by atoms with Gasteiger partial charge in [-0.1, -0.05) is 0 Å². The van der Waals surface area contributed by atoms with Crippen molar-refractivity contribution in [1.29, 1.82) is 0 Å². The Hall–Kier alpha value is -0.0400. The van der Waals surface area contributed by atoms with E-state index in [0.717, 1.165) is 0 Å². The fraction of sp³-hybridized carbons (Fsp3) is 1.00. The Morgan fingerprint density at radius 3 is 1.80 bits per heavy atom. The van der Waals surface area contributed by atoms with Gasteiger partial charge in [0.1, 0.15) is 0 Å². The number of likely N-dealkylation sites (tertiary alicyclic amines) is 1. The van der Waals surface area contributed by atoms with Crippen LogP contribution in [0.3, 0.4) is 0 Å². The number of hydrogen-bond donors (Lipinski definition) is 0. The van der Waals surface area contributed by atoms with Gasteiger partial charge in [-0.15, -0.1) is 0 Å². The summed E-state index contributed by atoms with van der Waals surface area (Å²) in [6.07, 6.45) is 1.41. The van der Waals surface area contributed by atoms with E-state index in [4.69, 9.17) is 0 Å². The Morgan fingerprint density at radius 2 is 1.80 bits per heavy atom. The van der Waals surface area contributed by atoms with Crippen LogP contribution in [0.15, 0.2) is 0 Å². The highest BCUT2D eigenvalue weighted by Crippen LogP contribution is 1.98. The molecule has 0 spiro atoms. The lowest BCUT2D eigenvalue weighted by molar-refractivity contribution is 0.229. The van der Waals surface area contributed by atoms with Crippen molar-refractivity contribution in [1.82, 2.24) is 4.90 Å². The third-order valence-electron chi connectivity index (χ3n) is 1.08. The molecule has 1 rings (SSSR count). The Balaban J connectivity index is 2.08. The van der Waals surface area contributed by atoms with Crippen molar-refractivity contribution in [2.24, 2.45) is 0 Å². The van der Waals surface area contributed by atoms with Crippen molar-refractivity contribution in [3.63, 3.8) is 0 Å². The molecule has 0 saturated carbocycles. The molecular formula is C4H9N. The van der Waals surface area contributed by atoms with Gasteiger partial charge in [-0.3, -0.25) is 0 Å². The molecule has 0 atom stereocenters. The molecule has 0 aliphatic carbocycles. The van der Waals surface area contributed by atoms with Crippen molar-refractivity contribution < 1.29 is 0 Å². The van der Waals surface area contributed by atoms with Crippen LogP contribution < -0.4 is 0 Å². The van der Waals surface area contributed by atoms with Crippen LogP contribution in [0.1, 0.15) is 6.42 Å². The van der Waals surface area contributed by atoms with Crippen LogP contribution in [-0.2, 0) is 0 Å². The SMILES string of the molecule is CN1CCC1. The summed E-state index contributed by atoms with van der Waals surface area (Å²) in [7, 11) is 2.14. The summed E-state index contributed by atoms with van der Waals surface area (Å²) in [6.45, 7) is 2.64. The van der Waals surface area contributed by atoms with Gasteiger partial charge in [-0.2, -0.15) is 0 Å². The second-order valence-electron chi connectivity index (χ2n) is 1.66. The van der Waals surface area contributed by atoms with E-state index in [9.17, 15) is 0 Å². The fourth-order valence-corrected chi connectivity index (χ4v) is 0.474. The highest BCUT2D eigenvalue weighted by molar-refractivity contribution is 4.61. The summed E-state index contributed by atoms with van der Waals surface area (Å²) in [5, 5.41) is 0. The van der Waals surface area contributed by atoms with Crippen molar-refractivity contribution in [2.75, 3.05) is 20.1 Å². The first-order valence-electron chi connectivity index (χ1n) is 2.08. The molecule has 0 unspecified atom stereocenters. The maximum absolute atomic E-state index is 2.31. The van der Waals surface area contributed by atoms with E-state index in [0.29, 0.717) is 0 Å². The zero-order chi connectivity index (χ0) is 3.70. The first-order valence-corrected chi connectivity index (χ1v) is 2.08. The predicted molar refractivity (Wildman–Crippen MR) is 22.1 cm³/mol. The third kappa shape index (κ3) is 0.428. The molecule has 1 aliphatic rings. The smallest absolute Gasteiger partial charge is 0.000959 e. The summed E-state index contributed by atoms with van der Waals surface area (Å²) in [6, 6.07) is 0. The highest BCUT2D eigenvalue weighted by atomic mass is 15.1. The van der Waals surface area contributed by atoms with Crippen molar-refractivity contribution >= 4 is 0 Å². The van der Waals surface area contributed by atoms with Gasteiger partial charge in [0.2, 0.25) is 0 Å². The molecule has 1 aliphatic heterocycles. The normalized spacial score (nSPS) is 25.8. The topological polar surface area (TPSA) is 3.24 Å². The zero-order valence-electron chi connectivity index (χ0n) is 3.57. The lowest BCUT2D eigenvalue weighted by Gasteiger charge is -2.24. The molecule has 0 bridgehead atoms. The fourth-order valence-electron chi connectivity index (χ4n) is 0.474. The largest absolute Gasteiger partial charge is 0.306 e. The molecule has 0 radical (unpaired) electrons. The van der Waals surface area contributed by atoms with E-state index >= 15 is 0 Å². The minimum atomic E-state index is 1.32. The molecule has 1 nitrogen and oxygen atoms in total. The molecule has 0 aromatic heterocycles. The molecule has 1 heteroatoms. The zero-order valence-corrected chi connectivity index (χ0v) is 3.57. The van der Waals surface area contributed by atoms with Gasteiger partial charge in [0, 0.05) is 0 Å². The maximum atomic E-state index is 2.31. The Kier molecular flexibility index (Phi) is 0.618. The summed E-state index contributed by atoms with van der Waals surface area (Å²) in [4.78, 5) is 2.31. The maximum Gasteiger partial charge on any atom is -0.000959 e. The van der Waals surface area contributed by atoms with Gasteiger partial charge in [0.25, 0.3) is 0 Å². The molecule has 5 heavy (non-hydrogen) atoms. The van der Waals surface area contributed by atoms with E-state index in [1.807, 2.05) is 0 Å². The van der Waals surface area contributed by atoms with Gasteiger partial charge < -0.3 is 4.90 Å². The predicted octanol–water partition coefficient (Wildman–Crippen LogP) is 0.322. The lowest BCUT2D eigenvalue weighted by atomic mass is 10.3. The standard InChI is InChI=1S/C4H9N/c1-5-3-2-4-5/h2-4H2,1H3. The van der Waals surface area contributed by atoms with Crippen LogP contribution in [0, 0.1) is 0 Å². The third-order valence-corrected chi connectivity index (χ3v) is 1.08. The van der Waals surface area contributed by atoms with Crippen molar-refractivity contribution in [3.8, 4) is 0 Å². The molecule has 0 aromatic carbocycles. The minimum Gasteiger partial charge on any atom is -0.306 e. The summed E-state index contributed by atoms with van der Waals surface area (Å²) in [5.74, 6) is 0. The highest BCUT2D eigenvalue weighted by Gasteiger charge is 2.04. The monoisotopic (exact) mass is 71.1 g/mol. The van der Waals surface area contributed by atoms with E-state index in [2.05, 4.69) is 11.9 Å². The van der Waals surface area contributed by atoms with Crippen LogP contribution in [0.5, 0.6) is 0 Å². The van der Waals surface area contributed by atoms with E-state index < -0.39 is 0 Å². The van der Waals surface area contributed by atoms with Gasteiger partial charge in [-0.25, -0.2) is 0 Å². The summed E-state index contributed by atoms with van der Waals surface area (Å²) in [5.41, 5.74) is 0. The van der Waals surface area contributed by atoms with Crippen LogP contribution in [-0.4, -0.2) is 25.0 Å². The Morgan fingerprint density at radius 1 is 1.40 bits per heavy atom. The number of hydrogen-bond acceptors (Lipinski definition) is 1. The second kappa shape index (κ2) is 0.977. The molecule has 30 valence electrons. The molecule has 1 heterocycles. The number of nitrogens with zero attached hydrogens (tertiary/aromatic N) is 1. The van der Waals surface area contributed by atoms with Crippen LogP contribution in [0.2, 0.25) is 0 Å². The molecule has 0 amide bonds. The second-order valence-corrected chi connectivity index (χ2v) is 1.66. The first-order chi connectivity index (χ1) is 2.39. The Bertz CT molecular complexity index is 30.6.